The van der Waals surface area contributed by atoms with Gasteiger partial charge in [-0.1, -0.05) is 0 Å². The Bertz CT molecular complexity index is 778. The first kappa shape index (κ1) is 13.2. The molecule has 1 aliphatic rings. The Morgan fingerprint density at radius 1 is 1.29 bits per heavy atom. The molecule has 0 saturated heterocycles. The lowest BCUT2D eigenvalue weighted by Crippen LogP contribution is -2.29. The van der Waals surface area contributed by atoms with Crippen LogP contribution in [0.4, 0.5) is 10.1 Å². The maximum Gasteiger partial charge on any atom is 0.299 e. The van der Waals surface area contributed by atoms with Crippen molar-refractivity contribution in [2.75, 3.05) is 4.90 Å². The van der Waals surface area contributed by atoms with Crippen LogP contribution in [0.5, 0.6) is 0 Å². The molecule has 1 aliphatic heterocycles. The van der Waals surface area contributed by atoms with Crippen molar-refractivity contribution in [3.8, 4) is 0 Å². The number of aldehydes is 1. The van der Waals surface area contributed by atoms with Gasteiger partial charge >= 0.3 is 0 Å². The van der Waals surface area contributed by atoms with E-state index in [1.165, 1.54) is 24.3 Å². The average Bonchev–Trinajstić information content (AvgIpc) is 2.98. The Morgan fingerprint density at radius 3 is 2.71 bits per heavy atom. The molecular formula is C15H10FNO4. The highest BCUT2D eigenvalue weighted by Gasteiger charge is 2.38. The van der Waals surface area contributed by atoms with Crippen molar-refractivity contribution < 1.29 is 23.2 Å². The number of furan rings is 1. The highest BCUT2D eigenvalue weighted by Crippen LogP contribution is 2.34. The van der Waals surface area contributed by atoms with Gasteiger partial charge in [-0.05, 0) is 36.8 Å². The summed E-state index contributed by atoms with van der Waals surface area (Å²) in [5.74, 6) is -1.78. The third-order valence-electron chi connectivity index (χ3n) is 3.27. The summed E-state index contributed by atoms with van der Waals surface area (Å²) >= 11 is 0. The number of carbonyl (C=O) groups is 3. The topological polar surface area (TPSA) is 67.6 Å². The Labute approximate surface area is 119 Å². The summed E-state index contributed by atoms with van der Waals surface area (Å²) in [6, 6.07) is 5.69. The third-order valence-corrected chi connectivity index (χ3v) is 3.27. The van der Waals surface area contributed by atoms with Crippen molar-refractivity contribution in [1.29, 1.82) is 0 Å². The molecule has 2 heterocycles. The van der Waals surface area contributed by atoms with Gasteiger partial charge in [0.15, 0.2) is 12.0 Å². The lowest BCUT2D eigenvalue weighted by molar-refractivity contribution is -0.114. The Morgan fingerprint density at radius 2 is 2.05 bits per heavy atom. The molecule has 0 atom stereocenters. The van der Waals surface area contributed by atoms with Crippen LogP contribution in [0.2, 0.25) is 0 Å². The molecule has 1 aromatic heterocycles. The number of amides is 1. The lowest BCUT2D eigenvalue weighted by atomic mass is 10.1. The van der Waals surface area contributed by atoms with Gasteiger partial charge < -0.3 is 4.42 Å². The number of fused-ring (bicyclic) bond motifs is 1. The van der Waals surface area contributed by atoms with Gasteiger partial charge in [-0.3, -0.25) is 19.3 Å². The van der Waals surface area contributed by atoms with Crippen LogP contribution in [-0.4, -0.2) is 18.0 Å². The van der Waals surface area contributed by atoms with Gasteiger partial charge in [-0.2, -0.15) is 0 Å². The van der Waals surface area contributed by atoms with E-state index in [9.17, 15) is 18.8 Å². The van der Waals surface area contributed by atoms with Crippen molar-refractivity contribution in [1.82, 2.24) is 0 Å². The molecule has 0 saturated carbocycles. The molecule has 6 heteroatoms. The van der Waals surface area contributed by atoms with E-state index in [4.69, 9.17) is 4.42 Å². The summed E-state index contributed by atoms with van der Waals surface area (Å²) in [6.07, 6.45) is 0.526. The second-order valence-electron chi connectivity index (χ2n) is 4.79. The predicted octanol–water partition coefficient (Wildman–Crippen LogP) is 2.27. The molecule has 0 N–H and O–H groups in total. The lowest BCUT2D eigenvalue weighted by Gasteiger charge is -2.15. The van der Waals surface area contributed by atoms with E-state index in [-0.39, 0.29) is 23.6 Å². The minimum atomic E-state index is -0.807. The molecule has 21 heavy (non-hydrogen) atoms. The van der Waals surface area contributed by atoms with Gasteiger partial charge in [0.2, 0.25) is 0 Å². The fourth-order valence-electron chi connectivity index (χ4n) is 2.37. The molecule has 5 nitrogen and oxygen atoms in total. The highest BCUT2D eigenvalue weighted by atomic mass is 19.1. The minimum absolute atomic E-state index is 0.0420. The van der Waals surface area contributed by atoms with Gasteiger partial charge in [0.05, 0.1) is 17.8 Å². The molecule has 3 rings (SSSR count). The highest BCUT2D eigenvalue weighted by molar-refractivity contribution is 6.52. The standard InChI is InChI=1S/C15H10FNO4/c1-8-4-11-13(12(16)5-8)17(15(20)14(11)19)6-9-2-3-10(7-18)21-9/h2-5,7H,6H2,1H3. The summed E-state index contributed by atoms with van der Waals surface area (Å²) in [4.78, 5) is 35.5. The first-order valence-corrected chi connectivity index (χ1v) is 6.21. The molecule has 0 unspecified atom stereocenters. The smallest absolute Gasteiger partial charge is 0.299 e. The number of nitrogens with zero attached hydrogens (tertiary/aromatic N) is 1. The Balaban J connectivity index is 2.03. The van der Waals surface area contributed by atoms with Crippen LogP contribution in [0.25, 0.3) is 0 Å². The van der Waals surface area contributed by atoms with Gasteiger partial charge in [0.25, 0.3) is 11.7 Å². The van der Waals surface area contributed by atoms with E-state index in [1.54, 1.807) is 6.92 Å². The van der Waals surface area contributed by atoms with E-state index in [0.717, 1.165) is 4.90 Å². The maximum absolute atomic E-state index is 14.1. The number of anilines is 1. The van der Waals surface area contributed by atoms with E-state index < -0.39 is 17.5 Å². The summed E-state index contributed by atoms with van der Waals surface area (Å²) in [7, 11) is 0. The van der Waals surface area contributed by atoms with Crippen LogP contribution in [0.3, 0.4) is 0 Å². The van der Waals surface area contributed by atoms with E-state index in [2.05, 4.69) is 0 Å². The van der Waals surface area contributed by atoms with E-state index in [0.29, 0.717) is 17.6 Å². The zero-order valence-electron chi connectivity index (χ0n) is 11.1. The first-order valence-electron chi connectivity index (χ1n) is 6.21. The molecule has 0 aliphatic carbocycles. The minimum Gasteiger partial charge on any atom is -0.456 e. The normalized spacial score (nSPS) is 13.7. The fourth-order valence-corrected chi connectivity index (χ4v) is 2.37. The summed E-state index contributed by atoms with van der Waals surface area (Å²) in [6.45, 7) is 1.54. The summed E-state index contributed by atoms with van der Waals surface area (Å²) in [5, 5.41) is 0. The largest absolute Gasteiger partial charge is 0.456 e. The second-order valence-corrected chi connectivity index (χ2v) is 4.79. The molecule has 0 fully saturated rings. The zero-order valence-corrected chi connectivity index (χ0v) is 11.1. The monoisotopic (exact) mass is 287 g/mol. The molecule has 0 bridgehead atoms. The van der Waals surface area contributed by atoms with Gasteiger partial charge in [-0.15, -0.1) is 0 Å². The van der Waals surface area contributed by atoms with Crippen LogP contribution in [-0.2, 0) is 11.3 Å². The van der Waals surface area contributed by atoms with Crippen molar-refractivity contribution >= 4 is 23.7 Å². The van der Waals surface area contributed by atoms with E-state index in [1.807, 2.05) is 0 Å². The average molecular weight is 287 g/mol. The number of benzene rings is 1. The Hall–Kier alpha value is -2.76. The van der Waals surface area contributed by atoms with Gasteiger partial charge in [0.1, 0.15) is 11.6 Å². The number of rotatable bonds is 3. The van der Waals surface area contributed by atoms with Gasteiger partial charge in [-0.25, -0.2) is 4.39 Å². The van der Waals surface area contributed by atoms with Crippen molar-refractivity contribution in [2.24, 2.45) is 0 Å². The number of ketones is 1. The SMILES string of the molecule is Cc1cc(F)c2c(c1)C(=O)C(=O)N2Cc1ccc(C=O)o1. The van der Waals surface area contributed by atoms with Crippen LogP contribution in [0, 0.1) is 12.7 Å². The number of aryl methyl sites for hydroxylation is 1. The summed E-state index contributed by atoms with van der Waals surface area (Å²) in [5.41, 5.74) is 0.579. The van der Waals surface area contributed by atoms with Crippen LogP contribution >= 0.6 is 0 Å². The number of hydrogen-bond donors (Lipinski definition) is 0. The molecule has 1 aromatic carbocycles. The van der Waals surface area contributed by atoms with Crippen LogP contribution < -0.4 is 4.90 Å². The quantitative estimate of drug-likeness (QED) is 0.641. The Kier molecular flexibility index (Phi) is 2.94. The third kappa shape index (κ3) is 2.05. The number of hydrogen-bond acceptors (Lipinski definition) is 4. The second kappa shape index (κ2) is 4.66. The fraction of sp³-hybridized carbons (Fsp3) is 0.133. The predicted molar refractivity (Wildman–Crippen MR) is 70.8 cm³/mol. The molecule has 0 spiro atoms. The van der Waals surface area contributed by atoms with Crippen molar-refractivity contribution in [3.05, 3.63) is 52.7 Å². The number of Topliss-reactive ketones (excluding diaryl/α,β-unsaturated/α-hetero) is 1. The number of carbonyl (C=O) groups excluding carboxylic acids is 3. The molecular weight excluding hydrogens is 277 g/mol. The first-order chi connectivity index (χ1) is 10.0. The van der Waals surface area contributed by atoms with Crippen molar-refractivity contribution in [2.45, 2.75) is 13.5 Å². The number of halogens is 1. The van der Waals surface area contributed by atoms with Crippen molar-refractivity contribution in [3.63, 3.8) is 0 Å². The molecule has 0 radical (unpaired) electrons. The molecule has 106 valence electrons. The van der Waals surface area contributed by atoms with E-state index >= 15 is 0 Å². The molecule has 1 amide bonds. The van der Waals surface area contributed by atoms with Crippen LogP contribution in [0.15, 0.2) is 28.7 Å². The maximum atomic E-state index is 14.1. The van der Waals surface area contributed by atoms with Gasteiger partial charge in [0, 0.05) is 0 Å². The zero-order chi connectivity index (χ0) is 15.1. The van der Waals surface area contributed by atoms with Crippen LogP contribution in [0.1, 0.15) is 32.2 Å². The summed E-state index contributed by atoms with van der Waals surface area (Å²) < 4.78 is 19.3. The molecule has 2 aromatic rings.